The molecule has 0 aliphatic carbocycles. The van der Waals surface area contributed by atoms with E-state index in [9.17, 15) is 9.59 Å². The summed E-state index contributed by atoms with van der Waals surface area (Å²) >= 11 is 0. The van der Waals surface area contributed by atoms with Gasteiger partial charge < -0.3 is 9.84 Å². The third-order valence-electron chi connectivity index (χ3n) is 2.40. The smallest absolute Gasteiger partial charge is 0.334 e. The van der Waals surface area contributed by atoms with Gasteiger partial charge in [-0.1, -0.05) is 34.3 Å². The van der Waals surface area contributed by atoms with Gasteiger partial charge in [-0.3, -0.25) is 4.79 Å². The minimum absolute atomic E-state index is 0.0000113. The van der Waals surface area contributed by atoms with E-state index in [4.69, 9.17) is 9.84 Å². The molecule has 0 aliphatic rings. The number of carbonyl (C=O) groups is 2. The minimum Gasteiger partial charge on any atom is -0.481 e. The van der Waals surface area contributed by atoms with Gasteiger partial charge in [0, 0.05) is 5.57 Å². The van der Waals surface area contributed by atoms with Gasteiger partial charge in [0.15, 0.2) is 0 Å². The van der Waals surface area contributed by atoms with Crippen LogP contribution >= 0.6 is 0 Å². The van der Waals surface area contributed by atoms with E-state index in [1.54, 1.807) is 0 Å². The van der Waals surface area contributed by atoms with Crippen molar-refractivity contribution in [3.8, 4) is 0 Å². The summed E-state index contributed by atoms with van der Waals surface area (Å²) in [4.78, 5) is 22.2. The van der Waals surface area contributed by atoms with Crippen molar-refractivity contribution >= 4 is 11.9 Å². The monoisotopic (exact) mass is 256 g/mol. The molecule has 104 valence electrons. The van der Waals surface area contributed by atoms with Gasteiger partial charge in [0.25, 0.3) is 0 Å². The lowest BCUT2D eigenvalue weighted by Gasteiger charge is -2.21. The van der Waals surface area contributed by atoms with Crippen molar-refractivity contribution in [2.75, 3.05) is 0 Å². The summed E-state index contributed by atoms with van der Waals surface area (Å²) in [6.07, 6.45) is 1.03. The summed E-state index contributed by atoms with van der Waals surface area (Å²) in [6.45, 7) is 11.7. The molecule has 0 aromatic heterocycles. The maximum Gasteiger partial charge on any atom is 0.334 e. The maximum absolute atomic E-state index is 11.7. The molecule has 0 saturated heterocycles. The molecule has 0 fully saturated rings. The van der Waals surface area contributed by atoms with Gasteiger partial charge >= 0.3 is 11.9 Å². The second kappa shape index (κ2) is 7.90. The molecule has 1 N–H and O–H groups in total. The van der Waals surface area contributed by atoms with Crippen LogP contribution in [0.15, 0.2) is 12.2 Å². The average Bonchev–Trinajstić information content (AvgIpc) is 2.13. The topological polar surface area (TPSA) is 63.6 Å². The number of hydrogen-bond donors (Lipinski definition) is 1. The highest BCUT2D eigenvalue weighted by Gasteiger charge is 2.20. The Balaban J connectivity index is 4.42. The first kappa shape index (κ1) is 16.7. The van der Waals surface area contributed by atoms with Gasteiger partial charge in [-0.15, -0.1) is 0 Å². The number of carbonyl (C=O) groups excluding carboxylic acids is 1. The first-order valence-corrected chi connectivity index (χ1v) is 6.32. The Morgan fingerprint density at radius 1 is 1.11 bits per heavy atom. The van der Waals surface area contributed by atoms with Gasteiger partial charge in [-0.05, 0) is 24.7 Å². The fourth-order valence-corrected chi connectivity index (χ4v) is 1.73. The highest BCUT2D eigenvalue weighted by atomic mass is 16.5. The van der Waals surface area contributed by atoms with Crippen LogP contribution in [0.2, 0.25) is 0 Å². The quantitative estimate of drug-likeness (QED) is 0.535. The fourth-order valence-electron chi connectivity index (χ4n) is 1.73. The van der Waals surface area contributed by atoms with E-state index in [0.717, 1.165) is 12.8 Å². The second-order valence-electron chi connectivity index (χ2n) is 5.46. The van der Waals surface area contributed by atoms with E-state index >= 15 is 0 Å². The molecule has 0 aliphatic heterocycles. The van der Waals surface area contributed by atoms with Crippen molar-refractivity contribution < 1.29 is 19.4 Å². The summed E-state index contributed by atoms with van der Waals surface area (Å²) in [7, 11) is 0. The lowest BCUT2D eigenvalue weighted by molar-refractivity contribution is -0.148. The number of rotatable bonds is 8. The zero-order valence-corrected chi connectivity index (χ0v) is 11.7. The van der Waals surface area contributed by atoms with E-state index in [1.165, 1.54) is 0 Å². The van der Waals surface area contributed by atoms with Crippen LogP contribution in [0, 0.1) is 11.8 Å². The van der Waals surface area contributed by atoms with E-state index in [2.05, 4.69) is 34.3 Å². The summed E-state index contributed by atoms with van der Waals surface area (Å²) in [5, 5.41) is 8.59. The van der Waals surface area contributed by atoms with Crippen LogP contribution in [0.5, 0.6) is 0 Å². The van der Waals surface area contributed by atoms with Gasteiger partial charge in [0.1, 0.15) is 6.10 Å². The Kier molecular flexibility index (Phi) is 7.32. The van der Waals surface area contributed by atoms with E-state index in [0.29, 0.717) is 11.8 Å². The molecule has 0 unspecified atom stereocenters. The summed E-state index contributed by atoms with van der Waals surface area (Å²) in [5.74, 6) is -0.812. The Bertz CT molecular complexity index is 295. The van der Waals surface area contributed by atoms with Crippen LogP contribution in [-0.2, 0) is 14.3 Å². The number of hydrogen-bond acceptors (Lipinski definition) is 3. The molecule has 4 nitrogen and oxygen atoms in total. The van der Waals surface area contributed by atoms with E-state index in [-0.39, 0.29) is 18.1 Å². The summed E-state index contributed by atoms with van der Waals surface area (Å²) < 4.78 is 5.33. The lowest BCUT2D eigenvalue weighted by atomic mass is 9.98. The molecule has 0 atom stereocenters. The number of esters is 1. The fraction of sp³-hybridized carbons (Fsp3) is 0.714. The molecule has 0 aromatic rings. The second-order valence-corrected chi connectivity index (χ2v) is 5.46. The molecule has 0 heterocycles. The van der Waals surface area contributed by atoms with Crippen molar-refractivity contribution in [1.82, 2.24) is 0 Å². The Morgan fingerprint density at radius 2 is 1.56 bits per heavy atom. The largest absolute Gasteiger partial charge is 0.481 e. The van der Waals surface area contributed by atoms with Crippen LogP contribution in [-0.4, -0.2) is 23.1 Å². The Hall–Kier alpha value is -1.32. The first-order chi connectivity index (χ1) is 8.22. The standard InChI is InChI=1S/C14H24O4/c1-9(2)6-12(7-10(3)4)18-14(17)11(5)8-13(15)16/h9-10,12H,5-8H2,1-4H3,(H,15,16). The van der Waals surface area contributed by atoms with Gasteiger partial charge in [0.2, 0.25) is 0 Å². The molecule has 0 saturated carbocycles. The number of carboxylic acid groups (broad SMARTS) is 1. The number of carboxylic acids is 1. The molecule has 0 amide bonds. The van der Waals surface area contributed by atoms with Gasteiger partial charge in [-0.2, -0.15) is 0 Å². The molecule has 0 bridgehead atoms. The first-order valence-electron chi connectivity index (χ1n) is 6.32. The average molecular weight is 256 g/mol. The number of ether oxygens (including phenoxy) is 1. The maximum atomic E-state index is 11.7. The zero-order chi connectivity index (χ0) is 14.3. The molecule has 0 radical (unpaired) electrons. The van der Waals surface area contributed by atoms with Crippen molar-refractivity contribution in [3.63, 3.8) is 0 Å². The zero-order valence-electron chi connectivity index (χ0n) is 11.7. The predicted molar refractivity (Wildman–Crippen MR) is 70.2 cm³/mol. The molecule has 0 spiro atoms. The highest BCUT2D eigenvalue weighted by molar-refractivity contribution is 5.92. The van der Waals surface area contributed by atoms with E-state index in [1.807, 2.05) is 0 Å². The van der Waals surface area contributed by atoms with Crippen molar-refractivity contribution in [3.05, 3.63) is 12.2 Å². The van der Waals surface area contributed by atoms with Gasteiger partial charge in [-0.25, -0.2) is 4.79 Å². The highest BCUT2D eigenvalue weighted by Crippen LogP contribution is 2.18. The van der Waals surface area contributed by atoms with Crippen LogP contribution in [0.25, 0.3) is 0 Å². The molecule has 18 heavy (non-hydrogen) atoms. The molecule has 0 aromatic carbocycles. The summed E-state index contributed by atoms with van der Waals surface area (Å²) in [5.41, 5.74) is 0.0000113. The SMILES string of the molecule is C=C(CC(=O)O)C(=O)OC(CC(C)C)CC(C)C. The van der Waals surface area contributed by atoms with Crippen molar-refractivity contribution in [1.29, 1.82) is 0 Å². The molecule has 4 heteroatoms. The third kappa shape index (κ3) is 7.87. The van der Waals surface area contributed by atoms with Crippen molar-refractivity contribution in [2.45, 2.75) is 53.1 Å². The Labute approximate surface area is 109 Å². The van der Waals surface area contributed by atoms with Crippen LogP contribution in [0.4, 0.5) is 0 Å². The van der Waals surface area contributed by atoms with Crippen molar-refractivity contribution in [2.24, 2.45) is 11.8 Å². The Morgan fingerprint density at radius 3 is 1.89 bits per heavy atom. The normalized spacial score (nSPS) is 11.1. The predicted octanol–water partition coefficient (Wildman–Crippen LogP) is 3.02. The lowest BCUT2D eigenvalue weighted by Crippen LogP contribution is -2.23. The van der Waals surface area contributed by atoms with Crippen LogP contribution < -0.4 is 0 Å². The minimum atomic E-state index is -1.07. The molecular weight excluding hydrogens is 232 g/mol. The third-order valence-corrected chi connectivity index (χ3v) is 2.40. The molecule has 0 rings (SSSR count). The van der Waals surface area contributed by atoms with Crippen LogP contribution in [0.3, 0.4) is 0 Å². The van der Waals surface area contributed by atoms with E-state index < -0.39 is 11.9 Å². The number of aliphatic carboxylic acids is 1. The molecular formula is C14H24O4. The van der Waals surface area contributed by atoms with Crippen LogP contribution in [0.1, 0.15) is 47.0 Å². The summed E-state index contributed by atoms with van der Waals surface area (Å²) in [6, 6.07) is 0. The van der Waals surface area contributed by atoms with Gasteiger partial charge in [0.05, 0.1) is 6.42 Å².